The van der Waals surface area contributed by atoms with E-state index in [9.17, 15) is 8.78 Å². The molecule has 0 spiro atoms. The van der Waals surface area contributed by atoms with Gasteiger partial charge in [0.15, 0.2) is 5.82 Å². The maximum atomic E-state index is 13.0. The molecule has 0 radical (unpaired) electrons. The fourth-order valence-electron chi connectivity index (χ4n) is 1.70. The van der Waals surface area contributed by atoms with E-state index < -0.39 is 11.6 Å². The molecule has 7 heteroatoms. The van der Waals surface area contributed by atoms with E-state index in [1.54, 1.807) is 7.11 Å². The molecule has 0 amide bonds. The molecule has 1 aromatic carbocycles. The maximum Gasteiger partial charge on any atom is 0.240 e. The predicted molar refractivity (Wildman–Crippen MR) is 67.0 cm³/mol. The van der Waals surface area contributed by atoms with E-state index in [0.29, 0.717) is 37.0 Å². The molecule has 0 aliphatic heterocycles. The van der Waals surface area contributed by atoms with Gasteiger partial charge in [-0.05, 0) is 17.7 Å². The van der Waals surface area contributed by atoms with Crippen LogP contribution in [0.3, 0.4) is 0 Å². The fourth-order valence-corrected chi connectivity index (χ4v) is 1.70. The van der Waals surface area contributed by atoms with Crippen LogP contribution in [0.4, 0.5) is 8.78 Å². The van der Waals surface area contributed by atoms with Crippen molar-refractivity contribution in [2.45, 2.75) is 13.0 Å². The zero-order valence-electron chi connectivity index (χ0n) is 11.0. The molecule has 0 fully saturated rings. The van der Waals surface area contributed by atoms with E-state index in [-0.39, 0.29) is 6.42 Å². The minimum atomic E-state index is -0.620. The number of hydrogen-bond acceptors (Lipinski definition) is 5. The lowest BCUT2D eigenvalue weighted by Gasteiger charge is -1.99. The van der Waals surface area contributed by atoms with Crippen LogP contribution in [-0.2, 0) is 17.7 Å². The van der Waals surface area contributed by atoms with E-state index in [1.165, 1.54) is 12.1 Å². The van der Waals surface area contributed by atoms with Crippen molar-refractivity contribution in [2.24, 2.45) is 0 Å². The minimum absolute atomic E-state index is 0.219. The van der Waals surface area contributed by atoms with Gasteiger partial charge in [-0.1, -0.05) is 5.16 Å². The zero-order valence-corrected chi connectivity index (χ0v) is 11.0. The van der Waals surface area contributed by atoms with Gasteiger partial charge in [-0.3, -0.25) is 0 Å². The van der Waals surface area contributed by atoms with Gasteiger partial charge in [-0.25, -0.2) is 8.78 Å². The molecule has 20 heavy (non-hydrogen) atoms. The van der Waals surface area contributed by atoms with Crippen molar-refractivity contribution in [3.63, 3.8) is 0 Å². The summed E-state index contributed by atoms with van der Waals surface area (Å²) in [7, 11) is 1.62. The first-order valence-electron chi connectivity index (χ1n) is 6.13. The minimum Gasteiger partial charge on any atom is -0.383 e. The Labute approximate surface area is 114 Å². The summed E-state index contributed by atoms with van der Waals surface area (Å²) in [6.45, 7) is 1.68. The number of rotatable bonds is 7. The molecule has 0 bridgehead atoms. The monoisotopic (exact) mass is 283 g/mol. The molecule has 1 heterocycles. The van der Waals surface area contributed by atoms with E-state index in [0.717, 1.165) is 6.07 Å². The summed E-state index contributed by atoms with van der Waals surface area (Å²) in [5, 5.41) is 6.82. The van der Waals surface area contributed by atoms with Gasteiger partial charge in [0.1, 0.15) is 11.6 Å². The summed E-state index contributed by atoms with van der Waals surface area (Å²) in [4.78, 5) is 4.14. The summed E-state index contributed by atoms with van der Waals surface area (Å²) in [5.74, 6) is -0.429. The standard InChI is InChI=1S/C13H15F2N3O2/c1-19-3-2-16-8-13-17-12(18-20-13)6-9-4-10(14)7-11(15)5-9/h4-5,7,16H,2-3,6,8H2,1H3. The van der Waals surface area contributed by atoms with Crippen LogP contribution in [0.5, 0.6) is 0 Å². The number of hydrogen-bond donors (Lipinski definition) is 1. The summed E-state index contributed by atoms with van der Waals surface area (Å²) in [5.41, 5.74) is 0.460. The van der Waals surface area contributed by atoms with Crippen molar-refractivity contribution in [3.05, 3.63) is 47.1 Å². The van der Waals surface area contributed by atoms with Gasteiger partial charge < -0.3 is 14.6 Å². The summed E-state index contributed by atoms with van der Waals surface area (Å²) < 4.78 is 36.0. The Morgan fingerprint density at radius 1 is 1.25 bits per heavy atom. The van der Waals surface area contributed by atoms with Crippen molar-refractivity contribution >= 4 is 0 Å². The van der Waals surface area contributed by atoms with E-state index in [1.807, 2.05) is 0 Å². The fraction of sp³-hybridized carbons (Fsp3) is 0.385. The van der Waals surface area contributed by atoms with Crippen LogP contribution in [-0.4, -0.2) is 30.4 Å². The summed E-state index contributed by atoms with van der Waals surface area (Å²) >= 11 is 0. The SMILES string of the molecule is COCCNCc1nc(Cc2cc(F)cc(F)c2)no1. The number of ether oxygens (including phenoxy) is 1. The lowest BCUT2D eigenvalue weighted by atomic mass is 10.1. The number of halogens is 2. The first kappa shape index (κ1) is 14.5. The highest BCUT2D eigenvalue weighted by molar-refractivity contribution is 5.21. The van der Waals surface area contributed by atoms with Crippen molar-refractivity contribution in [2.75, 3.05) is 20.3 Å². The molecule has 0 aliphatic rings. The molecule has 5 nitrogen and oxygen atoms in total. The lowest BCUT2D eigenvalue weighted by Crippen LogP contribution is -2.18. The normalized spacial score (nSPS) is 10.9. The molecule has 2 aromatic rings. The molecule has 0 aliphatic carbocycles. The van der Waals surface area contributed by atoms with Crippen LogP contribution in [0.25, 0.3) is 0 Å². The van der Waals surface area contributed by atoms with Crippen LogP contribution in [0.15, 0.2) is 22.7 Å². The Balaban J connectivity index is 1.92. The summed E-state index contributed by atoms with van der Waals surface area (Å²) in [6.07, 6.45) is 0.219. The molecule has 1 aromatic heterocycles. The van der Waals surface area contributed by atoms with Gasteiger partial charge in [0.2, 0.25) is 5.89 Å². The molecule has 0 unspecified atom stereocenters. The molecule has 2 rings (SSSR count). The van der Waals surface area contributed by atoms with Crippen molar-refractivity contribution in [1.29, 1.82) is 0 Å². The predicted octanol–water partition coefficient (Wildman–Crippen LogP) is 1.67. The largest absolute Gasteiger partial charge is 0.383 e. The molecule has 1 N–H and O–H groups in total. The second-order valence-electron chi connectivity index (χ2n) is 4.23. The van der Waals surface area contributed by atoms with Crippen molar-refractivity contribution in [1.82, 2.24) is 15.5 Å². The van der Waals surface area contributed by atoms with Crippen LogP contribution >= 0.6 is 0 Å². The highest BCUT2D eigenvalue weighted by Gasteiger charge is 2.08. The smallest absolute Gasteiger partial charge is 0.240 e. The number of aromatic nitrogens is 2. The van der Waals surface area contributed by atoms with Crippen LogP contribution in [0.1, 0.15) is 17.3 Å². The molecule has 0 atom stereocenters. The number of nitrogens with zero attached hydrogens (tertiary/aromatic N) is 2. The third kappa shape index (κ3) is 4.36. The van der Waals surface area contributed by atoms with E-state index in [2.05, 4.69) is 15.5 Å². The third-order valence-corrected chi connectivity index (χ3v) is 2.55. The number of methoxy groups -OCH3 is 1. The molecule has 0 saturated carbocycles. The quantitative estimate of drug-likeness (QED) is 0.783. The van der Waals surface area contributed by atoms with Gasteiger partial charge in [0.25, 0.3) is 0 Å². The maximum absolute atomic E-state index is 13.0. The first-order valence-corrected chi connectivity index (χ1v) is 6.13. The Kier molecular flexibility index (Phi) is 5.14. The molecule has 108 valence electrons. The summed E-state index contributed by atoms with van der Waals surface area (Å²) in [6, 6.07) is 3.32. The van der Waals surface area contributed by atoms with Gasteiger partial charge in [-0.2, -0.15) is 4.98 Å². The average Bonchev–Trinajstić information content (AvgIpc) is 2.81. The van der Waals surface area contributed by atoms with E-state index >= 15 is 0 Å². The highest BCUT2D eigenvalue weighted by atomic mass is 19.1. The lowest BCUT2D eigenvalue weighted by molar-refractivity contribution is 0.197. The Morgan fingerprint density at radius 2 is 2.00 bits per heavy atom. The third-order valence-electron chi connectivity index (χ3n) is 2.55. The average molecular weight is 283 g/mol. The zero-order chi connectivity index (χ0) is 14.4. The topological polar surface area (TPSA) is 60.2 Å². The van der Waals surface area contributed by atoms with E-state index in [4.69, 9.17) is 9.26 Å². The van der Waals surface area contributed by atoms with Gasteiger partial charge >= 0.3 is 0 Å². The van der Waals surface area contributed by atoms with Crippen LogP contribution in [0, 0.1) is 11.6 Å². The molecular formula is C13H15F2N3O2. The molecular weight excluding hydrogens is 268 g/mol. The Bertz CT molecular complexity index is 540. The van der Waals surface area contributed by atoms with Gasteiger partial charge in [0.05, 0.1) is 13.2 Å². The van der Waals surface area contributed by atoms with Crippen LogP contribution in [0.2, 0.25) is 0 Å². The second kappa shape index (κ2) is 7.06. The number of nitrogens with one attached hydrogen (secondary N) is 1. The Hall–Kier alpha value is -1.86. The Morgan fingerprint density at radius 3 is 2.70 bits per heavy atom. The van der Waals surface area contributed by atoms with Crippen molar-refractivity contribution in [3.8, 4) is 0 Å². The highest BCUT2D eigenvalue weighted by Crippen LogP contribution is 2.11. The molecule has 0 saturated heterocycles. The van der Waals surface area contributed by atoms with Crippen molar-refractivity contribution < 1.29 is 18.0 Å². The van der Waals surface area contributed by atoms with Crippen LogP contribution < -0.4 is 5.32 Å². The number of benzene rings is 1. The second-order valence-corrected chi connectivity index (χ2v) is 4.23. The first-order chi connectivity index (χ1) is 9.67. The van der Waals surface area contributed by atoms with Gasteiger partial charge in [0, 0.05) is 26.1 Å². The van der Waals surface area contributed by atoms with Gasteiger partial charge in [-0.15, -0.1) is 0 Å².